The summed E-state index contributed by atoms with van der Waals surface area (Å²) in [5, 5.41) is 2.24. The topological polar surface area (TPSA) is 38.9 Å². The van der Waals surface area contributed by atoms with Gasteiger partial charge in [0.15, 0.2) is 5.82 Å². The Morgan fingerprint density at radius 3 is 2.19 bits per heavy atom. The molecule has 4 aromatic carbocycles. The van der Waals surface area contributed by atoms with Crippen molar-refractivity contribution in [3.63, 3.8) is 0 Å². The van der Waals surface area contributed by atoms with Gasteiger partial charge in [-0.2, -0.15) is 0 Å². The molecule has 0 N–H and O–H groups in total. The summed E-state index contributed by atoms with van der Waals surface area (Å²) in [6.07, 6.45) is 0. The van der Waals surface area contributed by atoms with Gasteiger partial charge in [0.1, 0.15) is 14.9 Å². The van der Waals surface area contributed by atoms with Crippen LogP contribution in [0.5, 0.6) is 0 Å². The van der Waals surface area contributed by atoms with E-state index in [2.05, 4.69) is 95.4 Å². The molecular weight excluding hydrogens is 507 g/mol. The van der Waals surface area contributed by atoms with Crippen molar-refractivity contribution in [1.29, 1.82) is 0 Å². The molecule has 2 heterocycles. The first kappa shape index (κ1) is 19.2. The van der Waals surface area contributed by atoms with Crippen molar-refractivity contribution in [1.82, 2.24) is 9.97 Å². The lowest BCUT2D eigenvalue weighted by Gasteiger charge is -2.08. The van der Waals surface area contributed by atoms with Crippen molar-refractivity contribution in [2.45, 2.75) is 0 Å². The Morgan fingerprint density at radius 1 is 0.531 bits per heavy atom. The molecule has 6 aromatic rings. The van der Waals surface area contributed by atoms with E-state index in [1.54, 1.807) is 0 Å². The normalized spacial score (nSPS) is 11.3. The third kappa shape index (κ3) is 3.46. The average Bonchev–Trinajstić information content (AvgIpc) is 3.22. The Kier molecular flexibility index (Phi) is 4.72. The van der Waals surface area contributed by atoms with Crippen molar-refractivity contribution in [3.8, 4) is 33.8 Å². The summed E-state index contributed by atoms with van der Waals surface area (Å²) in [6, 6.07) is 35.1. The molecule has 0 aliphatic carbocycles. The van der Waals surface area contributed by atoms with E-state index in [1.165, 1.54) is 5.56 Å². The lowest BCUT2D eigenvalue weighted by atomic mass is 10.0. The quantitative estimate of drug-likeness (QED) is 0.174. The van der Waals surface area contributed by atoms with Crippen molar-refractivity contribution >= 4 is 44.5 Å². The standard InChI is InChI=1S/C28H17IN2O/c29-27-17-24(20-13-14-23-22-11-4-5-12-25(22)32-26(23)16-20)30-28(31-27)21-10-6-9-19(15-21)18-7-2-1-3-8-18/h1-17H. The maximum Gasteiger partial charge on any atom is 0.160 e. The number of halogens is 1. The van der Waals surface area contributed by atoms with E-state index < -0.39 is 0 Å². The fraction of sp³-hybridized carbons (Fsp3) is 0. The molecule has 0 radical (unpaired) electrons. The van der Waals surface area contributed by atoms with Gasteiger partial charge in [0.25, 0.3) is 0 Å². The highest BCUT2D eigenvalue weighted by Gasteiger charge is 2.12. The molecular formula is C28H17IN2O. The highest BCUT2D eigenvalue weighted by molar-refractivity contribution is 14.1. The third-order valence-corrected chi connectivity index (χ3v) is 6.15. The highest BCUT2D eigenvalue weighted by atomic mass is 127. The first-order valence-corrected chi connectivity index (χ1v) is 11.4. The molecule has 152 valence electrons. The highest BCUT2D eigenvalue weighted by Crippen LogP contribution is 2.33. The van der Waals surface area contributed by atoms with Gasteiger partial charge in [0, 0.05) is 21.9 Å². The smallest absolute Gasteiger partial charge is 0.160 e. The van der Waals surface area contributed by atoms with Gasteiger partial charge in [-0.25, -0.2) is 9.97 Å². The van der Waals surface area contributed by atoms with E-state index >= 15 is 0 Å². The van der Waals surface area contributed by atoms with Gasteiger partial charge in [-0.15, -0.1) is 0 Å². The fourth-order valence-electron chi connectivity index (χ4n) is 4.05. The van der Waals surface area contributed by atoms with Gasteiger partial charge in [0.05, 0.1) is 5.69 Å². The van der Waals surface area contributed by atoms with E-state index in [9.17, 15) is 0 Å². The van der Waals surface area contributed by atoms with E-state index in [0.717, 1.165) is 53.8 Å². The average molecular weight is 524 g/mol. The molecule has 3 nitrogen and oxygen atoms in total. The molecule has 0 bridgehead atoms. The predicted molar refractivity (Wildman–Crippen MR) is 138 cm³/mol. The number of aromatic nitrogens is 2. The third-order valence-electron chi connectivity index (χ3n) is 5.60. The summed E-state index contributed by atoms with van der Waals surface area (Å²) in [4.78, 5) is 9.63. The Hall–Kier alpha value is -3.51. The van der Waals surface area contributed by atoms with Crippen molar-refractivity contribution in [3.05, 3.63) is 107 Å². The molecule has 0 saturated carbocycles. The molecule has 2 aromatic heterocycles. The summed E-state index contributed by atoms with van der Waals surface area (Å²) in [5.41, 5.74) is 6.98. The predicted octanol–water partition coefficient (Wildman–Crippen LogP) is 7.98. The van der Waals surface area contributed by atoms with Crippen LogP contribution >= 0.6 is 22.6 Å². The number of furan rings is 1. The van der Waals surface area contributed by atoms with Gasteiger partial charge >= 0.3 is 0 Å². The molecule has 0 aliphatic rings. The lowest BCUT2D eigenvalue weighted by molar-refractivity contribution is 0.669. The molecule has 0 amide bonds. The molecule has 0 spiro atoms. The van der Waals surface area contributed by atoms with Gasteiger partial charge < -0.3 is 4.42 Å². The van der Waals surface area contributed by atoms with Gasteiger partial charge in [-0.05, 0) is 64.0 Å². The second-order valence-corrected chi connectivity index (χ2v) is 8.76. The van der Waals surface area contributed by atoms with E-state index in [4.69, 9.17) is 14.4 Å². The number of hydrogen-bond donors (Lipinski definition) is 0. The van der Waals surface area contributed by atoms with Crippen molar-refractivity contribution < 1.29 is 4.42 Å². The molecule has 32 heavy (non-hydrogen) atoms. The zero-order chi connectivity index (χ0) is 21.5. The van der Waals surface area contributed by atoms with Crippen molar-refractivity contribution in [2.24, 2.45) is 0 Å². The molecule has 6 rings (SSSR count). The number of benzene rings is 4. The van der Waals surface area contributed by atoms with Gasteiger partial charge in [-0.3, -0.25) is 0 Å². The Bertz CT molecular complexity index is 1590. The minimum absolute atomic E-state index is 0.717. The Balaban J connectivity index is 1.45. The molecule has 0 saturated heterocycles. The SMILES string of the molecule is Ic1cc(-c2ccc3c(c2)oc2ccccc23)nc(-c2cccc(-c3ccccc3)c2)n1. The Morgan fingerprint density at radius 2 is 1.28 bits per heavy atom. The van der Waals surface area contributed by atoms with Crippen LogP contribution in [0, 0.1) is 3.70 Å². The molecule has 0 aliphatic heterocycles. The molecule has 0 atom stereocenters. The van der Waals surface area contributed by atoms with Gasteiger partial charge in [-0.1, -0.05) is 72.8 Å². The van der Waals surface area contributed by atoms with E-state index in [0.29, 0.717) is 0 Å². The van der Waals surface area contributed by atoms with Crippen LogP contribution < -0.4 is 0 Å². The van der Waals surface area contributed by atoms with Crippen LogP contribution in [0.3, 0.4) is 0 Å². The van der Waals surface area contributed by atoms with Crippen LogP contribution in [0.4, 0.5) is 0 Å². The second kappa shape index (κ2) is 7.88. The first-order chi connectivity index (χ1) is 15.7. The number of fused-ring (bicyclic) bond motifs is 3. The minimum atomic E-state index is 0.717. The maximum atomic E-state index is 6.08. The molecule has 4 heteroatoms. The maximum absolute atomic E-state index is 6.08. The number of hydrogen-bond acceptors (Lipinski definition) is 3. The largest absolute Gasteiger partial charge is 0.456 e. The number of nitrogens with zero attached hydrogens (tertiary/aromatic N) is 2. The summed E-state index contributed by atoms with van der Waals surface area (Å²) < 4.78 is 6.98. The zero-order valence-corrected chi connectivity index (χ0v) is 19.2. The van der Waals surface area contributed by atoms with Crippen LogP contribution in [-0.2, 0) is 0 Å². The van der Waals surface area contributed by atoms with Crippen LogP contribution in [0.25, 0.3) is 55.7 Å². The molecule has 0 unspecified atom stereocenters. The summed E-state index contributed by atoms with van der Waals surface area (Å²) >= 11 is 2.26. The van der Waals surface area contributed by atoms with Crippen LogP contribution in [0.1, 0.15) is 0 Å². The summed E-state index contributed by atoms with van der Waals surface area (Å²) in [7, 11) is 0. The summed E-state index contributed by atoms with van der Waals surface area (Å²) in [5.74, 6) is 0.717. The van der Waals surface area contributed by atoms with Gasteiger partial charge in [0.2, 0.25) is 0 Å². The minimum Gasteiger partial charge on any atom is -0.456 e. The van der Waals surface area contributed by atoms with Crippen molar-refractivity contribution in [2.75, 3.05) is 0 Å². The number of para-hydroxylation sites is 1. The monoisotopic (exact) mass is 524 g/mol. The first-order valence-electron chi connectivity index (χ1n) is 10.4. The fourth-order valence-corrected chi connectivity index (χ4v) is 4.57. The van der Waals surface area contributed by atoms with Crippen LogP contribution in [0.15, 0.2) is 108 Å². The molecule has 0 fully saturated rings. The zero-order valence-electron chi connectivity index (χ0n) is 17.0. The summed E-state index contributed by atoms with van der Waals surface area (Å²) in [6.45, 7) is 0. The lowest BCUT2D eigenvalue weighted by Crippen LogP contribution is -1.95. The Labute approximate surface area is 198 Å². The van der Waals surface area contributed by atoms with Crippen LogP contribution in [-0.4, -0.2) is 9.97 Å². The van der Waals surface area contributed by atoms with E-state index in [1.807, 2.05) is 30.3 Å². The van der Waals surface area contributed by atoms with Crippen LogP contribution in [0.2, 0.25) is 0 Å². The second-order valence-electron chi connectivity index (χ2n) is 7.66. The van der Waals surface area contributed by atoms with E-state index in [-0.39, 0.29) is 0 Å². The number of rotatable bonds is 3.